The highest BCUT2D eigenvalue weighted by Gasteiger charge is 2.07. The summed E-state index contributed by atoms with van der Waals surface area (Å²) in [6, 6.07) is 2.95. The third-order valence-electron chi connectivity index (χ3n) is 1.76. The molecular weight excluding hydrogens is 175 g/mol. The Balaban J connectivity index is 2.97. The van der Waals surface area contributed by atoms with E-state index in [0.717, 1.165) is 4.70 Å². The van der Waals surface area contributed by atoms with Gasteiger partial charge in [-0.1, -0.05) is 0 Å². The molecule has 1 heterocycles. The summed E-state index contributed by atoms with van der Waals surface area (Å²) in [4.78, 5) is 0. The molecule has 0 bridgehead atoms. The van der Waals surface area contributed by atoms with E-state index in [1.807, 2.05) is 0 Å². The Labute approximate surface area is 72.6 Å². The zero-order valence-electron chi connectivity index (χ0n) is 6.17. The van der Waals surface area contributed by atoms with Crippen molar-refractivity contribution in [2.45, 2.75) is 0 Å². The number of benzene rings is 1. The number of hydrogen-bond acceptors (Lipinski definition) is 3. The van der Waals surface area contributed by atoms with E-state index in [9.17, 15) is 4.39 Å². The van der Waals surface area contributed by atoms with Crippen molar-refractivity contribution < 1.29 is 4.39 Å². The summed E-state index contributed by atoms with van der Waals surface area (Å²) in [6.45, 7) is 0. The van der Waals surface area contributed by atoms with Crippen molar-refractivity contribution in [1.29, 1.82) is 0 Å². The van der Waals surface area contributed by atoms with Gasteiger partial charge in [-0.3, -0.25) is 0 Å². The summed E-state index contributed by atoms with van der Waals surface area (Å²) in [6.07, 6.45) is 0. The molecule has 2 aromatic rings. The largest absolute Gasteiger partial charge is 0.397 e. The number of fused-ring (bicyclic) bond motifs is 1. The molecule has 12 heavy (non-hydrogen) atoms. The summed E-state index contributed by atoms with van der Waals surface area (Å²) < 4.78 is 13.9. The van der Waals surface area contributed by atoms with Crippen LogP contribution in [0.25, 0.3) is 10.1 Å². The highest BCUT2D eigenvalue weighted by molar-refractivity contribution is 7.17. The van der Waals surface area contributed by atoms with Gasteiger partial charge in [-0.05, 0) is 17.5 Å². The van der Waals surface area contributed by atoms with E-state index in [2.05, 4.69) is 0 Å². The molecule has 4 heteroatoms. The van der Waals surface area contributed by atoms with Crippen molar-refractivity contribution in [3.05, 3.63) is 23.3 Å². The first-order chi connectivity index (χ1) is 5.70. The molecule has 62 valence electrons. The minimum atomic E-state index is -0.307. The van der Waals surface area contributed by atoms with Crippen LogP contribution in [-0.2, 0) is 0 Å². The van der Waals surface area contributed by atoms with Gasteiger partial charge in [0.2, 0.25) is 0 Å². The van der Waals surface area contributed by atoms with Gasteiger partial charge in [0.1, 0.15) is 5.82 Å². The van der Waals surface area contributed by atoms with E-state index in [1.54, 1.807) is 11.4 Å². The van der Waals surface area contributed by atoms with E-state index in [1.165, 1.54) is 17.4 Å². The Morgan fingerprint density at radius 1 is 1.33 bits per heavy atom. The second-order valence-electron chi connectivity index (χ2n) is 2.52. The number of thiophene rings is 1. The number of nitrogen functional groups attached to an aromatic ring is 2. The summed E-state index contributed by atoms with van der Waals surface area (Å²) in [5.74, 6) is -0.307. The lowest BCUT2D eigenvalue weighted by atomic mass is 10.2. The van der Waals surface area contributed by atoms with Gasteiger partial charge < -0.3 is 11.5 Å². The molecule has 0 unspecified atom stereocenters. The van der Waals surface area contributed by atoms with Crippen molar-refractivity contribution in [3.63, 3.8) is 0 Å². The Morgan fingerprint density at radius 3 is 2.83 bits per heavy atom. The van der Waals surface area contributed by atoms with E-state index >= 15 is 0 Å². The van der Waals surface area contributed by atoms with Crippen molar-refractivity contribution in [1.82, 2.24) is 0 Å². The molecule has 0 aliphatic carbocycles. The predicted molar refractivity (Wildman–Crippen MR) is 50.6 cm³/mol. The van der Waals surface area contributed by atoms with Gasteiger partial charge >= 0.3 is 0 Å². The minimum Gasteiger partial charge on any atom is -0.397 e. The first-order valence-corrected chi connectivity index (χ1v) is 4.29. The molecule has 1 aromatic carbocycles. The Morgan fingerprint density at radius 2 is 2.08 bits per heavy atom. The normalized spacial score (nSPS) is 10.8. The van der Waals surface area contributed by atoms with Crippen LogP contribution in [0.3, 0.4) is 0 Å². The van der Waals surface area contributed by atoms with Crippen LogP contribution in [0, 0.1) is 5.82 Å². The molecule has 2 nitrogen and oxygen atoms in total. The Hall–Kier alpha value is -1.29. The molecule has 0 amide bonds. The topological polar surface area (TPSA) is 52.0 Å². The molecule has 1 aromatic heterocycles. The molecule has 0 aliphatic rings. The number of rotatable bonds is 0. The van der Waals surface area contributed by atoms with Crippen LogP contribution >= 0.6 is 11.3 Å². The van der Waals surface area contributed by atoms with Gasteiger partial charge in [-0.2, -0.15) is 0 Å². The molecular formula is C8H7FN2S. The average Bonchev–Trinajstić information content (AvgIpc) is 2.48. The SMILES string of the molecule is Nc1cc(F)c2ccsc2c1N. The van der Waals surface area contributed by atoms with E-state index < -0.39 is 0 Å². The van der Waals surface area contributed by atoms with Gasteiger partial charge in [-0.25, -0.2) is 4.39 Å². The maximum Gasteiger partial charge on any atom is 0.134 e. The van der Waals surface area contributed by atoms with Crippen LogP contribution in [0.4, 0.5) is 15.8 Å². The van der Waals surface area contributed by atoms with Gasteiger partial charge in [0.05, 0.1) is 16.1 Å². The van der Waals surface area contributed by atoms with Crippen LogP contribution in [0.15, 0.2) is 17.5 Å². The van der Waals surface area contributed by atoms with Gasteiger partial charge in [0, 0.05) is 5.39 Å². The number of nitrogens with two attached hydrogens (primary N) is 2. The summed E-state index contributed by atoms with van der Waals surface area (Å²) in [7, 11) is 0. The van der Waals surface area contributed by atoms with Crippen molar-refractivity contribution in [3.8, 4) is 0 Å². The first kappa shape index (κ1) is 7.36. The smallest absolute Gasteiger partial charge is 0.134 e. The molecule has 0 radical (unpaired) electrons. The number of anilines is 2. The van der Waals surface area contributed by atoms with Crippen molar-refractivity contribution >= 4 is 32.8 Å². The molecule has 0 fully saturated rings. The summed E-state index contributed by atoms with van der Waals surface area (Å²) >= 11 is 1.40. The van der Waals surface area contributed by atoms with E-state index in [0.29, 0.717) is 16.8 Å². The third-order valence-corrected chi connectivity index (χ3v) is 2.71. The lowest BCUT2D eigenvalue weighted by Gasteiger charge is -2.01. The fourth-order valence-electron chi connectivity index (χ4n) is 1.13. The fourth-order valence-corrected chi connectivity index (χ4v) is 2.01. The van der Waals surface area contributed by atoms with E-state index in [-0.39, 0.29) is 5.82 Å². The fraction of sp³-hybridized carbons (Fsp3) is 0. The number of halogens is 1. The second-order valence-corrected chi connectivity index (χ2v) is 3.44. The molecule has 2 rings (SSSR count). The minimum absolute atomic E-state index is 0.307. The highest BCUT2D eigenvalue weighted by atomic mass is 32.1. The molecule has 0 aliphatic heterocycles. The maximum absolute atomic E-state index is 13.1. The zero-order valence-corrected chi connectivity index (χ0v) is 6.99. The molecule has 0 spiro atoms. The Kier molecular flexibility index (Phi) is 1.44. The van der Waals surface area contributed by atoms with Gasteiger partial charge in [0.15, 0.2) is 0 Å². The van der Waals surface area contributed by atoms with Gasteiger partial charge in [0.25, 0.3) is 0 Å². The number of hydrogen-bond donors (Lipinski definition) is 2. The summed E-state index contributed by atoms with van der Waals surface area (Å²) in [5.41, 5.74) is 11.9. The van der Waals surface area contributed by atoms with Crippen LogP contribution in [0.1, 0.15) is 0 Å². The van der Waals surface area contributed by atoms with Gasteiger partial charge in [-0.15, -0.1) is 11.3 Å². The molecule has 4 N–H and O–H groups in total. The maximum atomic E-state index is 13.1. The average molecular weight is 182 g/mol. The lowest BCUT2D eigenvalue weighted by molar-refractivity contribution is 0.641. The van der Waals surface area contributed by atoms with Crippen LogP contribution < -0.4 is 11.5 Å². The van der Waals surface area contributed by atoms with Crippen LogP contribution in [0.2, 0.25) is 0 Å². The highest BCUT2D eigenvalue weighted by Crippen LogP contribution is 2.33. The lowest BCUT2D eigenvalue weighted by Crippen LogP contribution is -1.95. The molecule has 0 saturated carbocycles. The summed E-state index contributed by atoms with van der Waals surface area (Å²) in [5, 5.41) is 2.34. The van der Waals surface area contributed by atoms with Crippen molar-refractivity contribution in [2.24, 2.45) is 0 Å². The zero-order chi connectivity index (χ0) is 8.72. The van der Waals surface area contributed by atoms with Crippen LogP contribution in [-0.4, -0.2) is 0 Å². The predicted octanol–water partition coefficient (Wildman–Crippen LogP) is 2.20. The first-order valence-electron chi connectivity index (χ1n) is 3.41. The standard InChI is InChI=1S/C8H7FN2S/c9-5-3-6(10)7(11)8-4(5)1-2-12-8/h1-3H,10-11H2. The molecule has 0 saturated heterocycles. The van der Waals surface area contributed by atoms with Crippen LogP contribution in [0.5, 0.6) is 0 Å². The Bertz CT molecular complexity index is 436. The quantitative estimate of drug-likeness (QED) is 0.614. The van der Waals surface area contributed by atoms with E-state index in [4.69, 9.17) is 11.5 Å². The molecule has 0 atom stereocenters. The third kappa shape index (κ3) is 0.848. The monoisotopic (exact) mass is 182 g/mol. The second kappa shape index (κ2) is 2.35. The van der Waals surface area contributed by atoms with Crippen molar-refractivity contribution in [2.75, 3.05) is 11.5 Å².